The smallest absolute Gasteiger partial charge is 0.415 e. The second kappa shape index (κ2) is 13.3. The molecule has 4 N–H and O–H groups in total. The molecule has 0 radical (unpaired) electrons. The number of nitrogens with two attached hydrogens (primary N) is 1. The van der Waals surface area contributed by atoms with E-state index in [-0.39, 0.29) is 23.0 Å². The Morgan fingerprint density at radius 2 is 1.70 bits per heavy atom. The Kier molecular flexibility index (Phi) is 10.4. The van der Waals surface area contributed by atoms with E-state index in [0.29, 0.717) is 28.8 Å². The molecule has 0 bridgehead atoms. The molecule has 0 unspecified atom stereocenters. The van der Waals surface area contributed by atoms with Crippen molar-refractivity contribution in [3.63, 3.8) is 0 Å². The fraction of sp³-hybridized carbons (Fsp3) is 0.192. The Morgan fingerprint density at radius 1 is 1.02 bits per heavy atom. The first-order chi connectivity index (χ1) is 18.8. The zero-order valence-electron chi connectivity index (χ0n) is 21.1. The molecule has 0 saturated heterocycles. The van der Waals surface area contributed by atoms with Gasteiger partial charge in [-0.2, -0.15) is 0 Å². The third-order valence-electron chi connectivity index (χ3n) is 5.39. The van der Waals surface area contributed by atoms with E-state index in [1.54, 1.807) is 73.7 Å². The number of amides is 2. The van der Waals surface area contributed by atoms with E-state index in [2.05, 4.69) is 5.32 Å². The lowest BCUT2D eigenvalue weighted by Crippen LogP contribution is -2.34. The minimum absolute atomic E-state index is 0.0119. The second-order valence-electron chi connectivity index (χ2n) is 8.34. The number of carbonyl (C=O) groups excluding carboxylic acids is 2. The first-order valence-corrected chi connectivity index (χ1v) is 14.3. The molecule has 40 heavy (non-hydrogen) atoms. The summed E-state index contributed by atoms with van der Waals surface area (Å²) in [5.74, 6) is 0.0132. The predicted molar refractivity (Wildman–Crippen MR) is 153 cm³/mol. The topological polar surface area (TPSA) is 152 Å². The number of alkyl carbamates (subject to hydrolysis) is 1. The highest BCUT2D eigenvalue weighted by molar-refractivity contribution is 7.89. The lowest BCUT2D eigenvalue weighted by atomic mass is 10.1. The molecule has 0 aromatic heterocycles. The van der Waals surface area contributed by atoms with Gasteiger partial charge in [0.25, 0.3) is 0 Å². The van der Waals surface area contributed by atoms with Crippen LogP contribution in [0.1, 0.15) is 18.1 Å². The molecule has 0 fully saturated rings. The number of hydrogen-bond acceptors (Lipinski definition) is 7. The zero-order chi connectivity index (χ0) is 29.5. The number of benzene rings is 3. The number of rotatable bonds is 8. The zero-order valence-corrected chi connectivity index (χ0v) is 24.2. The molecule has 10 nitrogen and oxygen atoms in total. The lowest BCUT2D eigenvalue weighted by molar-refractivity contribution is 0.152. The summed E-state index contributed by atoms with van der Waals surface area (Å²) >= 11 is 16.6. The van der Waals surface area contributed by atoms with Crippen LogP contribution in [0.2, 0.25) is 0 Å². The van der Waals surface area contributed by atoms with E-state index in [4.69, 9.17) is 54.8 Å². The van der Waals surface area contributed by atoms with Crippen molar-refractivity contribution in [1.82, 2.24) is 10.2 Å². The third-order valence-corrected chi connectivity index (χ3v) is 6.68. The maximum atomic E-state index is 12.9. The maximum Gasteiger partial charge on any atom is 0.415 e. The number of amidine groups is 1. The van der Waals surface area contributed by atoms with Crippen molar-refractivity contribution < 1.29 is 27.5 Å². The lowest BCUT2D eigenvalue weighted by Gasteiger charge is -2.21. The van der Waals surface area contributed by atoms with Crippen molar-refractivity contribution in [3.8, 4) is 16.9 Å². The molecule has 0 spiro atoms. The number of sulfonamides is 1. The monoisotopic (exact) mass is 626 g/mol. The number of alkyl halides is 3. The number of hydrogen-bond donors (Lipinski definition) is 3. The van der Waals surface area contributed by atoms with Crippen molar-refractivity contribution >= 4 is 62.8 Å². The van der Waals surface area contributed by atoms with Gasteiger partial charge in [0, 0.05) is 24.2 Å². The van der Waals surface area contributed by atoms with Crippen LogP contribution in [0.25, 0.3) is 11.1 Å². The SMILES string of the molecule is CCN(Cc1cccc(C(=N)NC(=O)OCC(Cl)(Cl)Cl)c1)C(=O)Oc1ccc(-c2ccccc2S(N)(=O)=O)cc1. The maximum absolute atomic E-state index is 12.9. The van der Waals surface area contributed by atoms with Gasteiger partial charge in [0.05, 0.1) is 4.90 Å². The van der Waals surface area contributed by atoms with Crippen LogP contribution in [-0.4, -0.2) is 48.3 Å². The largest absolute Gasteiger partial charge is 0.445 e. The van der Waals surface area contributed by atoms with Gasteiger partial charge in [0.1, 0.15) is 18.2 Å². The molecular weight excluding hydrogens is 603 g/mol. The number of carbonyl (C=O) groups is 2. The van der Waals surface area contributed by atoms with Gasteiger partial charge in [-0.3, -0.25) is 10.7 Å². The molecule has 3 aromatic rings. The fourth-order valence-electron chi connectivity index (χ4n) is 3.53. The van der Waals surface area contributed by atoms with Gasteiger partial charge >= 0.3 is 12.2 Å². The molecule has 3 rings (SSSR count). The van der Waals surface area contributed by atoms with Crippen LogP contribution >= 0.6 is 34.8 Å². The highest BCUT2D eigenvalue weighted by Crippen LogP contribution is 2.28. The molecule has 0 aliphatic heterocycles. The highest BCUT2D eigenvalue weighted by Gasteiger charge is 2.23. The van der Waals surface area contributed by atoms with Gasteiger partial charge in [-0.15, -0.1) is 0 Å². The van der Waals surface area contributed by atoms with Crippen LogP contribution in [0.3, 0.4) is 0 Å². The standard InChI is InChI=1S/C26H25Cl3N4O6S/c1-2-33(15-17-6-5-7-19(14-17)23(30)32-24(34)38-16-26(27,28)29)25(35)39-20-12-10-18(11-13-20)21-8-3-4-9-22(21)40(31,36)37/h3-14H,2,15-16H2,1H3,(H2,30,32,34)(H2,31,36,37). The average molecular weight is 628 g/mol. The fourth-order valence-corrected chi connectivity index (χ4v) is 4.45. The average Bonchev–Trinajstić information content (AvgIpc) is 2.90. The number of nitrogens with zero attached hydrogens (tertiary/aromatic N) is 1. The molecule has 212 valence electrons. The van der Waals surface area contributed by atoms with Crippen molar-refractivity contribution in [2.45, 2.75) is 22.2 Å². The van der Waals surface area contributed by atoms with Gasteiger partial charge in [0.2, 0.25) is 13.8 Å². The van der Waals surface area contributed by atoms with Crippen molar-refractivity contribution in [2.24, 2.45) is 5.14 Å². The first-order valence-electron chi connectivity index (χ1n) is 11.6. The highest BCUT2D eigenvalue weighted by atomic mass is 35.6. The molecule has 0 saturated carbocycles. The number of nitrogens with one attached hydrogen (secondary N) is 2. The molecule has 0 aliphatic carbocycles. The normalized spacial score (nSPS) is 11.4. The van der Waals surface area contributed by atoms with Crippen LogP contribution in [-0.2, 0) is 21.3 Å². The molecule has 2 amide bonds. The van der Waals surface area contributed by atoms with Gasteiger partial charge in [-0.05, 0) is 42.3 Å². The van der Waals surface area contributed by atoms with Gasteiger partial charge in [-0.1, -0.05) is 83.3 Å². The Bertz CT molecular complexity index is 1490. The van der Waals surface area contributed by atoms with E-state index in [1.165, 1.54) is 11.0 Å². The van der Waals surface area contributed by atoms with Crippen molar-refractivity contribution in [1.29, 1.82) is 5.41 Å². The predicted octanol–water partition coefficient (Wildman–Crippen LogP) is 5.44. The molecular formula is C26H25Cl3N4O6S. The van der Waals surface area contributed by atoms with Gasteiger partial charge < -0.3 is 14.4 Å². The summed E-state index contributed by atoms with van der Waals surface area (Å²) in [5.41, 5.74) is 2.05. The third kappa shape index (κ3) is 9.10. The van der Waals surface area contributed by atoms with Crippen LogP contribution in [0.4, 0.5) is 9.59 Å². The number of primary sulfonamides is 1. The van der Waals surface area contributed by atoms with E-state index in [0.717, 1.165) is 0 Å². The summed E-state index contributed by atoms with van der Waals surface area (Å²) in [6, 6.07) is 19.4. The molecule has 0 heterocycles. The van der Waals surface area contributed by atoms with E-state index in [1.807, 2.05) is 0 Å². The first kappa shape index (κ1) is 31.2. The Morgan fingerprint density at radius 3 is 2.33 bits per heavy atom. The van der Waals surface area contributed by atoms with Crippen LogP contribution in [0.5, 0.6) is 5.75 Å². The number of ether oxygens (including phenoxy) is 2. The van der Waals surface area contributed by atoms with Crippen LogP contribution in [0.15, 0.2) is 77.7 Å². The summed E-state index contributed by atoms with van der Waals surface area (Å²) in [7, 11) is -3.92. The van der Waals surface area contributed by atoms with Gasteiger partial charge in [0.15, 0.2) is 0 Å². The van der Waals surface area contributed by atoms with Crippen molar-refractivity contribution in [3.05, 3.63) is 83.9 Å². The molecule has 14 heteroatoms. The van der Waals surface area contributed by atoms with Crippen LogP contribution < -0.4 is 15.2 Å². The minimum atomic E-state index is -3.92. The second-order valence-corrected chi connectivity index (χ2v) is 12.4. The van der Waals surface area contributed by atoms with E-state index in [9.17, 15) is 18.0 Å². The van der Waals surface area contributed by atoms with Crippen molar-refractivity contribution in [2.75, 3.05) is 13.2 Å². The van der Waals surface area contributed by atoms with Gasteiger partial charge in [-0.25, -0.2) is 23.1 Å². The molecule has 3 aromatic carbocycles. The molecule has 0 atom stereocenters. The Hall–Kier alpha value is -3.35. The number of halogens is 3. The Labute approximate surface area is 246 Å². The summed E-state index contributed by atoms with van der Waals surface area (Å²) in [6.07, 6.45) is -1.58. The summed E-state index contributed by atoms with van der Waals surface area (Å²) in [5, 5.41) is 15.7. The van der Waals surface area contributed by atoms with E-state index >= 15 is 0 Å². The summed E-state index contributed by atoms with van der Waals surface area (Å²) in [6.45, 7) is 1.77. The summed E-state index contributed by atoms with van der Waals surface area (Å²) in [4.78, 5) is 26.1. The summed E-state index contributed by atoms with van der Waals surface area (Å²) < 4.78 is 32.3. The quantitative estimate of drug-likeness (QED) is 0.172. The molecule has 0 aliphatic rings. The van der Waals surface area contributed by atoms with E-state index < -0.39 is 32.6 Å². The van der Waals surface area contributed by atoms with Crippen LogP contribution in [0, 0.1) is 5.41 Å². The minimum Gasteiger partial charge on any atom is -0.445 e. The Balaban J connectivity index is 1.65.